The topological polar surface area (TPSA) is 75.5 Å². The van der Waals surface area contributed by atoms with Crippen LogP contribution in [0.2, 0.25) is 5.02 Å². The van der Waals surface area contributed by atoms with E-state index in [1.54, 1.807) is 6.07 Å². The van der Waals surface area contributed by atoms with Gasteiger partial charge in [-0.25, -0.2) is 4.79 Å². The van der Waals surface area contributed by atoms with Gasteiger partial charge in [-0.15, -0.1) is 0 Å². The summed E-state index contributed by atoms with van der Waals surface area (Å²) in [5.41, 5.74) is 1.44. The summed E-state index contributed by atoms with van der Waals surface area (Å²) >= 11 is 6.02. The molecule has 2 aromatic rings. The summed E-state index contributed by atoms with van der Waals surface area (Å²) in [7, 11) is 0. The Morgan fingerprint density at radius 1 is 1.39 bits per heavy atom. The molecule has 18 heavy (non-hydrogen) atoms. The number of aromatic nitrogens is 1. The average molecular weight is 268 g/mol. The predicted molar refractivity (Wildman–Crippen MR) is 65.3 cm³/mol. The lowest BCUT2D eigenvalue weighted by Gasteiger charge is -2.19. The van der Waals surface area contributed by atoms with Crippen LogP contribution in [0.1, 0.15) is 12.0 Å². The molecule has 2 N–H and O–H groups in total. The molecule has 0 unspecified atom stereocenters. The molecule has 0 saturated heterocycles. The number of aromatic hydroxyl groups is 1. The Bertz CT molecular complexity index is 659. The van der Waals surface area contributed by atoms with E-state index in [4.69, 9.17) is 20.8 Å². The molecule has 1 aromatic heterocycles. The van der Waals surface area contributed by atoms with E-state index in [0.717, 1.165) is 18.4 Å². The summed E-state index contributed by atoms with van der Waals surface area (Å²) in [6.45, 7) is 0.594. The minimum absolute atomic E-state index is 0.0562. The van der Waals surface area contributed by atoms with Crippen molar-refractivity contribution in [2.24, 2.45) is 0 Å². The van der Waals surface area contributed by atoms with Crippen LogP contribution in [0.25, 0.3) is 11.3 Å². The van der Waals surface area contributed by atoms with Crippen LogP contribution in [-0.2, 0) is 6.42 Å². The van der Waals surface area contributed by atoms with Crippen molar-refractivity contribution in [2.45, 2.75) is 12.8 Å². The molecule has 2 heterocycles. The van der Waals surface area contributed by atoms with Crippen LogP contribution in [0, 0.1) is 0 Å². The van der Waals surface area contributed by atoms with Crippen LogP contribution in [-0.4, -0.2) is 16.7 Å². The highest BCUT2D eigenvalue weighted by Crippen LogP contribution is 2.40. The zero-order valence-corrected chi connectivity index (χ0v) is 10.1. The van der Waals surface area contributed by atoms with Crippen LogP contribution in [0.3, 0.4) is 0 Å². The molecule has 0 spiro atoms. The minimum atomic E-state index is -0.716. The van der Waals surface area contributed by atoms with Crippen LogP contribution < -0.4 is 10.5 Å². The molecule has 1 aromatic carbocycles. The maximum atomic E-state index is 11.1. The maximum Gasteiger partial charge on any atom is 0.419 e. The first kappa shape index (κ1) is 11.2. The Hall–Kier alpha value is -1.88. The second-order valence-electron chi connectivity index (χ2n) is 4.09. The second-order valence-corrected chi connectivity index (χ2v) is 4.52. The predicted octanol–water partition coefficient (Wildman–Crippen LogP) is 2.32. The Morgan fingerprint density at radius 2 is 2.22 bits per heavy atom. The van der Waals surface area contributed by atoms with Crippen LogP contribution >= 0.6 is 11.6 Å². The number of nitrogens with one attached hydrogen (secondary N) is 1. The molecule has 0 amide bonds. The number of benzene rings is 1. The van der Waals surface area contributed by atoms with Crippen molar-refractivity contribution >= 4 is 11.6 Å². The number of halogens is 1. The molecule has 0 aliphatic carbocycles. The zero-order chi connectivity index (χ0) is 12.7. The summed E-state index contributed by atoms with van der Waals surface area (Å²) in [4.78, 5) is 13.2. The standard InChI is InChI=1S/C12H10ClNO4/c13-7-4-6-2-1-3-17-9(6)8(5-7)10-11(15)14-12(16)18-10/h4-5,15H,1-3H2,(H,14,16). The van der Waals surface area contributed by atoms with Gasteiger partial charge in [0, 0.05) is 5.02 Å². The van der Waals surface area contributed by atoms with Crippen molar-refractivity contribution in [3.8, 4) is 23.0 Å². The smallest absolute Gasteiger partial charge is 0.419 e. The Morgan fingerprint density at radius 3 is 2.94 bits per heavy atom. The third-order valence-corrected chi connectivity index (χ3v) is 3.06. The van der Waals surface area contributed by atoms with Crippen molar-refractivity contribution in [3.63, 3.8) is 0 Å². The van der Waals surface area contributed by atoms with Gasteiger partial charge in [0.1, 0.15) is 5.75 Å². The normalized spacial score (nSPS) is 14.1. The van der Waals surface area contributed by atoms with Crippen molar-refractivity contribution in [2.75, 3.05) is 6.61 Å². The Labute approximate surface area is 107 Å². The number of rotatable bonds is 1. The molecule has 0 bridgehead atoms. The lowest BCUT2D eigenvalue weighted by molar-refractivity contribution is 0.288. The quantitative estimate of drug-likeness (QED) is 0.831. The van der Waals surface area contributed by atoms with Gasteiger partial charge >= 0.3 is 5.76 Å². The fourth-order valence-electron chi connectivity index (χ4n) is 2.11. The van der Waals surface area contributed by atoms with E-state index in [1.165, 1.54) is 0 Å². The summed E-state index contributed by atoms with van der Waals surface area (Å²) in [5, 5.41) is 10.1. The first-order chi connectivity index (χ1) is 8.65. The largest absolute Gasteiger partial charge is 0.493 e. The summed E-state index contributed by atoms with van der Waals surface area (Å²) in [6, 6.07) is 3.43. The molecular weight excluding hydrogens is 258 g/mol. The van der Waals surface area contributed by atoms with Gasteiger partial charge in [0.15, 0.2) is 0 Å². The number of hydrogen-bond donors (Lipinski definition) is 2. The van der Waals surface area contributed by atoms with Crippen LogP contribution in [0.15, 0.2) is 21.3 Å². The first-order valence-corrected chi connectivity index (χ1v) is 5.90. The summed E-state index contributed by atoms with van der Waals surface area (Å²) < 4.78 is 10.5. The highest BCUT2D eigenvalue weighted by atomic mass is 35.5. The zero-order valence-electron chi connectivity index (χ0n) is 9.33. The molecule has 3 rings (SSSR count). The highest BCUT2D eigenvalue weighted by molar-refractivity contribution is 6.31. The van der Waals surface area contributed by atoms with Gasteiger partial charge in [0.2, 0.25) is 11.6 Å². The summed E-state index contributed by atoms with van der Waals surface area (Å²) in [6.07, 6.45) is 1.76. The average Bonchev–Trinajstić information content (AvgIpc) is 2.67. The first-order valence-electron chi connectivity index (χ1n) is 5.53. The number of ether oxygens (including phenoxy) is 1. The minimum Gasteiger partial charge on any atom is -0.493 e. The van der Waals surface area contributed by atoms with Gasteiger partial charge in [-0.05, 0) is 30.5 Å². The molecular formula is C12H10ClNO4. The van der Waals surface area contributed by atoms with Gasteiger partial charge in [-0.1, -0.05) is 11.6 Å². The monoisotopic (exact) mass is 267 g/mol. The lowest BCUT2D eigenvalue weighted by atomic mass is 10.0. The van der Waals surface area contributed by atoms with Gasteiger partial charge in [-0.3, -0.25) is 4.98 Å². The third-order valence-electron chi connectivity index (χ3n) is 2.84. The molecule has 6 heteroatoms. The van der Waals surface area contributed by atoms with Crippen LogP contribution in [0.5, 0.6) is 11.6 Å². The maximum absolute atomic E-state index is 11.1. The molecule has 94 valence electrons. The number of aromatic amines is 1. The number of hydrogen-bond acceptors (Lipinski definition) is 4. The van der Waals surface area contributed by atoms with E-state index >= 15 is 0 Å². The van der Waals surface area contributed by atoms with Gasteiger partial charge in [-0.2, -0.15) is 0 Å². The number of oxazole rings is 1. The van der Waals surface area contributed by atoms with E-state index in [0.29, 0.717) is 22.9 Å². The van der Waals surface area contributed by atoms with Gasteiger partial charge in [0.05, 0.1) is 12.2 Å². The molecule has 0 saturated carbocycles. The number of fused-ring (bicyclic) bond motifs is 1. The summed E-state index contributed by atoms with van der Waals surface area (Å²) in [5.74, 6) is -0.366. The fourth-order valence-corrected chi connectivity index (χ4v) is 2.36. The molecule has 0 atom stereocenters. The highest BCUT2D eigenvalue weighted by Gasteiger charge is 2.22. The number of H-pyrrole nitrogens is 1. The third kappa shape index (κ3) is 1.76. The SMILES string of the molecule is O=c1[nH]c(O)c(-c2cc(Cl)cc3c2OCCC3)o1. The van der Waals surface area contributed by atoms with Crippen molar-refractivity contribution < 1.29 is 14.3 Å². The van der Waals surface area contributed by atoms with Crippen molar-refractivity contribution in [1.29, 1.82) is 0 Å². The van der Waals surface area contributed by atoms with Crippen molar-refractivity contribution in [1.82, 2.24) is 4.98 Å². The number of aryl methyl sites for hydroxylation is 1. The van der Waals surface area contributed by atoms with E-state index in [2.05, 4.69) is 4.98 Å². The Balaban J connectivity index is 2.25. The van der Waals surface area contributed by atoms with E-state index in [-0.39, 0.29) is 11.6 Å². The molecule has 0 radical (unpaired) electrons. The fraction of sp³-hybridized carbons (Fsp3) is 0.250. The van der Waals surface area contributed by atoms with Crippen molar-refractivity contribution in [3.05, 3.63) is 33.3 Å². The van der Waals surface area contributed by atoms with E-state index in [9.17, 15) is 9.90 Å². The van der Waals surface area contributed by atoms with Gasteiger partial charge < -0.3 is 14.3 Å². The van der Waals surface area contributed by atoms with Crippen LogP contribution in [0.4, 0.5) is 0 Å². The van der Waals surface area contributed by atoms with E-state index < -0.39 is 5.76 Å². The molecule has 5 nitrogen and oxygen atoms in total. The molecule has 1 aliphatic rings. The molecule has 1 aliphatic heterocycles. The van der Waals surface area contributed by atoms with Gasteiger partial charge in [0.25, 0.3) is 0 Å². The lowest BCUT2D eigenvalue weighted by Crippen LogP contribution is -2.09. The molecule has 0 fully saturated rings. The van der Waals surface area contributed by atoms with E-state index in [1.807, 2.05) is 6.07 Å². The second kappa shape index (κ2) is 4.10. The Kier molecular flexibility index (Phi) is 2.56.